The number of aliphatic hydroxyl groups excluding tert-OH is 1. The van der Waals surface area contributed by atoms with Gasteiger partial charge in [0.15, 0.2) is 5.78 Å². The average Bonchev–Trinajstić information content (AvgIpc) is 2.77. The van der Waals surface area contributed by atoms with E-state index in [1.807, 2.05) is 13.0 Å². The second kappa shape index (κ2) is 7.24. The number of aliphatic carboxylic acids is 1. The van der Waals surface area contributed by atoms with E-state index in [1.54, 1.807) is 0 Å². The van der Waals surface area contributed by atoms with Crippen LogP contribution in [0.3, 0.4) is 0 Å². The Balaban J connectivity index is 1.67. The maximum Gasteiger partial charge on any atom is 0.309 e. The molecule has 0 aromatic heterocycles. The van der Waals surface area contributed by atoms with E-state index in [1.165, 1.54) is 0 Å². The molecule has 5 aliphatic rings. The highest BCUT2D eigenvalue weighted by atomic mass is 16.4. The van der Waals surface area contributed by atoms with Gasteiger partial charge in [0.25, 0.3) is 0 Å². The standard InChI is InChI=1S/C30H41NO4/c1-17-18-8-9-28(5)22(27(18,4)16-20(31-7)24(17)33)14-21(32)23-19-15-26(2,3)10-12-30(19,25(34)35)13-11-29(23,28)6/h14,17-19,23,33H,8-13,15-16H2,1-6H3,(H,34,35)/t17-,18-,19-,23-,27-,28+,29+,30-/m0/s1. The highest BCUT2D eigenvalue weighted by Gasteiger charge is 2.70. The van der Waals surface area contributed by atoms with Crippen LogP contribution in [-0.2, 0) is 9.59 Å². The van der Waals surface area contributed by atoms with Crippen molar-refractivity contribution in [2.75, 3.05) is 0 Å². The molecular formula is C30H41NO4. The number of carbonyl (C=O) groups is 2. The number of rotatable bonds is 1. The molecule has 2 N–H and O–H groups in total. The van der Waals surface area contributed by atoms with Gasteiger partial charge in [0.05, 0.1) is 17.7 Å². The molecule has 35 heavy (non-hydrogen) atoms. The molecule has 0 heterocycles. The van der Waals surface area contributed by atoms with Crippen molar-refractivity contribution in [1.29, 1.82) is 0 Å². The van der Waals surface area contributed by atoms with E-state index in [2.05, 4.69) is 39.5 Å². The van der Waals surface area contributed by atoms with E-state index >= 15 is 0 Å². The van der Waals surface area contributed by atoms with Gasteiger partial charge >= 0.3 is 5.97 Å². The van der Waals surface area contributed by atoms with Crippen molar-refractivity contribution in [2.24, 2.45) is 50.7 Å². The first kappa shape index (κ1) is 24.6. The summed E-state index contributed by atoms with van der Waals surface area (Å²) in [6, 6.07) is 0. The lowest BCUT2D eigenvalue weighted by atomic mass is 9.34. The Hall–Kier alpha value is -2.09. The third-order valence-corrected chi connectivity index (χ3v) is 12.2. The Morgan fingerprint density at radius 3 is 2.34 bits per heavy atom. The summed E-state index contributed by atoms with van der Waals surface area (Å²) >= 11 is 0. The van der Waals surface area contributed by atoms with Crippen LogP contribution in [0.5, 0.6) is 0 Å². The van der Waals surface area contributed by atoms with Gasteiger partial charge in [0.1, 0.15) is 0 Å². The van der Waals surface area contributed by atoms with E-state index in [4.69, 9.17) is 6.57 Å². The molecule has 8 atom stereocenters. The SMILES string of the molecule is [C-]#[N+]C1=C(O)[C@@H](C)[C@@H]2CC[C@]3(C)C(=CC(=O)[C@@H]4[C@@H]5CC(C)(C)CC[C@]5(C(=O)O)CC[C@]43C)[C@@]2(C)C1. The quantitative estimate of drug-likeness (QED) is 0.398. The number of nitrogens with zero attached hydrogens (tertiary/aromatic N) is 1. The molecule has 0 aromatic rings. The fraction of sp³-hybridized carbons (Fsp3) is 0.767. The molecule has 5 nitrogen and oxygen atoms in total. The molecule has 0 aromatic carbocycles. The predicted molar refractivity (Wildman–Crippen MR) is 134 cm³/mol. The minimum Gasteiger partial charge on any atom is -0.523 e. The zero-order valence-electron chi connectivity index (χ0n) is 22.2. The topological polar surface area (TPSA) is 79.0 Å². The van der Waals surface area contributed by atoms with E-state index < -0.39 is 11.4 Å². The molecule has 0 unspecified atom stereocenters. The molecule has 0 aliphatic heterocycles. The summed E-state index contributed by atoms with van der Waals surface area (Å²) in [4.78, 5) is 30.6. The van der Waals surface area contributed by atoms with E-state index in [0.717, 1.165) is 37.7 Å². The Labute approximate surface area is 209 Å². The lowest BCUT2D eigenvalue weighted by molar-refractivity contribution is -0.188. The lowest BCUT2D eigenvalue weighted by Crippen LogP contribution is -2.65. The summed E-state index contributed by atoms with van der Waals surface area (Å²) in [5, 5.41) is 21.2. The van der Waals surface area contributed by atoms with Gasteiger partial charge < -0.3 is 10.2 Å². The Morgan fingerprint density at radius 1 is 1.06 bits per heavy atom. The van der Waals surface area contributed by atoms with Gasteiger partial charge in [-0.05, 0) is 90.9 Å². The Morgan fingerprint density at radius 2 is 1.71 bits per heavy atom. The molecule has 0 saturated heterocycles. The van der Waals surface area contributed by atoms with Crippen molar-refractivity contribution in [3.8, 4) is 0 Å². The van der Waals surface area contributed by atoms with Crippen LogP contribution in [0.4, 0.5) is 0 Å². The summed E-state index contributed by atoms with van der Waals surface area (Å²) in [5.74, 6) is -0.734. The van der Waals surface area contributed by atoms with Crippen LogP contribution in [0, 0.1) is 57.3 Å². The third kappa shape index (κ3) is 2.92. The number of aliphatic hydroxyl groups is 1. The van der Waals surface area contributed by atoms with Crippen LogP contribution in [-0.4, -0.2) is 22.0 Å². The average molecular weight is 480 g/mol. The first-order valence-electron chi connectivity index (χ1n) is 13.5. The molecule has 0 bridgehead atoms. The predicted octanol–water partition coefficient (Wildman–Crippen LogP) is 6.96. The molecule has 0 amide bonds. The fourth-order valence-electron chi connectivity index (χ4n) is 9.87. The van der Waals surface area contributed by atoms with Gasteiger partial charge in [-0.3, -0.25) is 9.59 Å². The summed E-state index contributed by atoms with van der Waals surface area (Å²) in [6.45, 7) is 21.0. The summed E-state index contributed by atoms with van der Waals surface area (Å²) < 4.78 is 0. The van der Waals surface area contributed by atoms with E-state index in [9.17, 15) is 19.8 Å². The zero-order valence-corrected chi connectivity index (χ0v) is 22.2. The van der Waals surface area contributed by atoms with Crippen LogP contribution in [0.25, 0.3) is 4.85 Å². The normalized spacial score (nSPS) is 48.5. The Bertz CT molecular complexity index is 1110. The number of hydrogen-bond donors (Lipinski definition) is 2. The third-order valence-electron chi connectivity index (χ3n) is 12.2. The largest absolute Gasteiger partial charge is 0.523 e. The van der Waals surface area contributed by atoms with E-state index in [-0.39, 0.29) is 56.9 Å². The number of carbonyl (C=O) groups excluding carboxylic acids is 1. The molecule has 0 spiro atoms. The second-order valence-electron chi connectivity index (χ2n) is 14.1. The number of carboxylic acids is 1. The molecule has 190 valence electrons. The molecule has 5 rings (SSSR count). The van der Waals surface area contributed by atoms with Crippen molar-refractivity contribution in [3.05, 3.63) is 34.5 Å². The van der Waals surface area contributed by atoms with Gasteiger partial charge in [-0.2, -0.15) is 0 Å². The first-order valence-corrected chi connectivity index (χ1v) is 13.5. The number of allylic oxidation sites excluding steroid dienone is 4. The fourth-order valence-corrected chi connectivity index (χ4v) is 9.87. The zero-order chi connectivity index (χ0) is 25.8. The number of hydrogen-bond acceptors (Lipinski definition) is 3. The minimum absolute atomic E-state index is 0.0301. The molecule has 5 heteroatoms. The second-order valence-corrected chi connectivity index (χ2v) is 14.1. The van der Waals surface area contributed by atoms with Crippen LogP contribution >= 0.6 is 0 Å². The van der Waals surface area contributed by atoms with Gasteiger partial charge in [-0.25, -0.2) is 4.85 Å². The number of carboxylic acid groups (broad SMARTS) is 1. The summed E-state index contributed by atoms with van der Waals surface area (Å²) in [5.41, 5.74) is -0.0829. The monoisotopic (exact) mass is 479 g/mol. The smallest absolute Gasteiger partial charge is 0.309 e. The summed E-state index contributed by atoms with van der Waals surface area (Å²) in [6.07, 6.45) is 7.95. The molecule has 3 saturated carbocycles. The van der Waals surface area contributed by atoms with Crippen molar-refractivity contribution < 1.29 is 19.8 Å². The summed E-state index contributed by atoms with van der Waals surface area (Å²) in [7, 11) is 0. The van der Waals surface area contributed by atoms with Crippen molar-refractivity contribution >= 4 is 11.8 Å². The van der Waals surface area contributed by atoms with Crippen LogP contribution in [0.2, 0.25) is 0 Å². The molecular weight excluding hydrogens is 438 g/mol. The van der Waals surface area contributed by atoms with Gasteiger partial charge in [-0.1, -0.05) is 47.1 Å². The van der Waals surface area contributed by atoms with Gasteiger partial charge in [-0.15, -0.1) is 0 Å². The highest BCUT2D eigenvalue weighted by Crippen LogP contribution is 2.74. The van der Waals surface area contributed by atoms with E-state index in [0.29, 0.717) is 25.0 Å². The number of fused-ring (bicyclic) bond motifs is 7. The first-order chi connectivity index (χ1) is 16.2. The maximum absolute atomic E-state index is 14.2. The molecule has 5 aliphatic carbocycles. The van der Waals surface area contributed by atoms with Crippen LogP contribution in [0.1, 0.15) is 92.9 Å². The van der Waals surface area contributed by atoms with Gasteiger partial charge in [0, 0.05) is 11.8 Å². The number of ketones is 1. The highest BCUT2D eigenvalue weighted by molar-refractivity contribution is 5.96. The van der Waals surface area contributed by atoms with Crippen molar-refractivity contribution in [2.45, 2.75) is 92.9 Å². The molecule has 3 fully saturated rings. The van der Waals surface area contributed by atoms with Crippen molar-refractivity contribution in [3.63, 3.8) is 0 Å². The van der Waals surface area contributed by atoms with Crippen LogP contribution in [0.15, 0.2) is 23.1 Å². The minimum atomic E-state index is -0.802. The molecule has 0 radical (unpaired) electrons. The Kier molecular flexibility index (Phi) is 5.09. The van der Waals surface area contributed by atoms with Crippen molar-refractivity contribution in [1.82, 2.24) is 0 Å². The maximum atomic E-state index is 14.2. The van der Waals surface area contributed by atoms with Gasteiger partial charge in [0.2, 0.25) is 5.70 Å². The lowest BCUT2D eigenvalue weighted by Gasteiger charge is -2.68. The van der Waals surface area contributed by atoms with Crippen LogP contribution < -0.4 is 0 Å².